The quantitative estimate of drug-likeness (QED) is 0.615. The van der Waals surface area contributed by atoms with Gasteiger partial charge in [-0.3, -0.25) is 9.36 Å². The molecule has 0 fully saturated rings. The number of aromatic hydroxyl groups is 1. The zero-order chi connectivity index (χ0) is 19.2. The summed E-state index contributed by atoms with van der Waals surface area (Å²) < 4.78 is 2.72. The van der Waals surface area contributed by atoms with Gasteiger partial charge in [-0.15, -0.1) is 6.58 Å². The van der Waals surface area contributed by atoms with Gasteiger partial charge in [-0.05, 0) is 45.0 Å². The second-order valence-electron chi connectivity index (χ2n) is 7.29. The summed E-state index contributed by atoms with van der Waals surface area (Å²) in [6, 6.07) is 7.81. The smallest absolute Gasteiger partial charge is 0.224 e. The number of aromatic nitrogens is 2. The molecule has 0 bridgehead atoms. The van der Waals surface area contributed by atoms with Crippen LogP contribution < -0.4 is 4.90 Å². The average molecular weight is 416 g/mol. The first-order chi connectivity index (χ1) is 12.1. The molecule has 0 spiro atoms. The monoisotopic (exact) mass is 415 g/mol. The van der Waals surface area contributed by atoms with Crippen molar-refractivity contribution in [2.24, 2.45) is 0 Å². The van der Waals surface area contributed by atoms with Crippen molar-refractivity contribution in [1.29, 1.82) is 0 Å². The minimum Gasteiger partial charge on any atom is -0.493 e. The molecular weight excluding hydrogens is 394 g/mol. The number of carbonyl (C=O) groups excluding carboxylic acids is 1. The third-order valence-corrected chi connectivity index (χ3v) is 4.77. The minimum absolute atomic E-state index is 0.0337. The maximum absolute atomic E-state index is 12.2. The first kappa shape index (κ1) is 18.5. The molecule has 1 amide bonds. The summed E-state index contributed by atoms with van der Waals surface area (Å²) in [5.41, 5.74) is 1.54. The third-order valence-electron chi connectivity index (χ3n) is 4.28. The molecule has 0 aliphatic rings. The minimum atomic E-state index is -0.409. The van der Waals surface area contributed by atoms with Crippen molar-refractivity contribution in [1.82, 2.24) is 9.55 Å². The van der Waals surface area contributed by atoms with Crippen LogP contribution in [0.5, 0.6) is 5.88 Å². The molecule has 0 aliphatic carbocycles. The lowest BCUT2D eigenvalue weighted by atomic mass is 10.1. The van der Waals surface area contributed by atoms with Crippen LogP contribution in [0, 0.1) is 0 Å². The predicted molar refractivity (Wildman–Crippen MR) is 110 cm³/mol. The summed E-state index contributed by atoms with van der Waals surface area (Å²) >= 11 is 3.48. The molecule has 2 aromatic heterocycles. The summed E-state index contributed by atoms with van der Waals surface area (Å²) in [6.07, 6.45) is 1.65. The molecule has 5 nitrogen and oxygen atoms in total. The topological polar surface area (TPSA) is 58.4 Å². The highest BCUT2D eigenvalue weighted by Crippen LogP contribution is 2.43. The van der Waals surface area contributed by atoms with Gasteiger partial charge in [0.25, 0.3) is 0 Å². The van der Waals surface area contributed by atoms with Gasteiger partial charge in [-0.1, -0.05) is 22.0 Å². The van der Waals surface area contributed by atoms with E-state index < -0.39 is 5.54 Å². The fourth-order valence-corrected chi connectivity index (χ4v) is 3.60. The molecule has 2 heterocycles. The molecule has 0 saturated heterocycles. The second kappa shape index (κ2) is 6.43. The Hall–Kier alpha value is -2.34. The number of pyridine rings is 1. The molecule has 1 N–H and O–H groups in total. The molecule has 0 saturated carbocycles. The lowest BCUT2D eigenvalue weighted by molar-refractivity contribution is -0.116. The Labute approximate surface area is 161 Å². The summed E-state index contributed by atoms with van der Waals surface area (Å²) in [5, 5.41) is 12.7. The van der Waals surface area contributed by atoms with E-state index in [9.17, 15) is 9.90 Å². The van der Waals surface area contributed by atoms with Crippen molar-refractivity contribution >= 4 is 49.5 Å². The van der Waals surface area contributed by atoms with Crippen LogP contribution in [0.25, 0.3) is 21.9 Å². The van der Waals surface area contributed by atoms with Crippen LogP contribution in [-0.2, 0) is 10.3 Å². The molecule has 136 valence electrons. The number of hydrogen-bond donors (Lipinski definition) is 1. The maximum Gasteiger partial charge on any atom is 0.224 e. The number of nitrogens with zero attached hydrogens (tertiary/aromatic N) is 3. The van der Waals surface area contributed by atoms with Gasteiger partial charge in [-0.2, -0.15) is 0 Å². The van der Waals surface area contributed by atoms with Gasteiger partial charge in [0.15, 0.2) is 0 Å². The molecular formula is C20H22BrN3O2. The Bertz CT molecular complexity index is 1030. The van der Waals surface area contributed by atoms with Crippen molar-refractivity contribution in [3.63, 3.8) is 0 Å². The first-order valence-corrected chi connectivity index (χ1v) is 9.17. The van der Waals surface area contributed by atoms with Crippen LogP contribution in [0.2, 0.25) is 0 Å². The summed E-state index contributed by atoms with van der Waals surface area (Å²) in [6.45, 7) is 11.5. The fourth-order valence-electron chi connectivity index (χ4n) is 3.22. The van der Waals surface area contributed by atoms with Gasteiger partial charge in [0.1, 0.15) is 11.3 Å². The lowest BCUT2D eigenvalue weighted by Crippen LogP contribution is -2.28. The molecule has 0 unspecified atom stereocenters. The largest absolute Gasteiger partial charge is 0.493 e. The zero-order valence-electron chi connectivity index (χ0n) is 15.4. The SMILES string of the molecule is C=CCN(C(C)=O)c1c(O)n(C(C)(C)C)c2nc3ccc(Br)cc3cc12. The molecule has 26 heavy (non-hydrogen) atoms. The van der Waals surface area contributed by atoms with Crippen molar-refractivity contribution in [2.45, 2.75) is 33.2 Å². The standard InChI is InChI=1S/C20H22BrN3O2/c1-6-9-23(12(2)25)17-15-11-13-10-14(21)7-8-16(13)22-18(15)24(19(17)26)20(3,4)5/h6-8,10-11,26H,1,9H2,2-5H3. The van der Waals surface area contributed by atoms with E-state index in [1.54, 1.807) is 10.6 Å². The van der Waals surface area contributed by atoms with Gasteiger partial charge in [0, 0.05) is 34.3 Å². The van der Waals surface area contributed by atoms with Crippen LogP contribution in [0.4, 0.5) is 5.69 Å². The van der Waals surface area contributed by atoms with E-state index in [2.05, 4.69) is 22.5 Å². The number of amides is 1. The molecule has 0 aliphatic heterocycles. The van der Waals surface area contributed by atoms with E-state index in [4.69, 9.17) is 4.98 Å². The number of carbonyl (C=O) groups is 1. The highest BCUT2D eigenvalue weighted by molar-refractivity contribution is 9.10. The number of benzene rings is 1. The van der Waals surface area contributed by atoms with E-state index in [0.717, 1.165) is 20.8 Å². The first-order valence-electron chi connectivity index (χ1n) is 8.38. The number of anilines is 1. The highest BCUT2D eigenvalue weighted by Gasteiger charge is 2.29. The Morgan fingerprint density at radius 2 is 2.08 bits per heavy atom. The molecule has 0 atom stereocenters. The number of fused-ring (bicyclic) bond motifs is 2. The average Bonchev–Trinajstić information content (AvgIpc) is 2.81. The van der Waals surface area contributed by atoms with Crippen molar-refractivity contribution in [2.75, 3.05) is 11.4 Å². The van der Waals surface area contributed by atoms with Gasteiger partial charge < -0.3 is 10.0 Å². The van der Waals surface area contributed by atoms with E-state index in [1.165, 1.54) is 11.8 Å². The van der Waals surface area contributed by atoms with Crippen LogP contribution in [0.1, 0.15) is 27.7 Å². The Morgan fingerprint density at radius 1 is 1.38 bits per heavy atom. The summed E-state index contributed by atoms with van der Waals surface area (Å²) in [4.78, 5) is 18.5. The number of halogens is 1. The van der Waals surface area contributed by atoms with Crippen LogP contribution in [-0.4, -0.2) is 27.1 Å². The molecule has 6 heteroatoms. The van der Waals surface area contributed by atoms with E-state index in [-0.39, 0.29) is 11.8 Å². The summed E-state index contributed by atoms with van der Waals surface area (Å²) in [5.74, 6) is -0.131. The van der Waals surface area contributed by atoms with Crippen LogP contribution >= 0.6 is 15.9 Å². The Balaban J connectivity index is 2.47. The van der Waals surface area contributed by atoms with E-state index >= 15 is 0 Å². The van der Waals surface area contributed by atoms with Gasteiger partial charge in [0.2, 0.25) is 11.8 Å². The zero-order valence-corrected chi connectivity index (χ0v) is 17.0. The molecule has 3 aromatic rings. The normalized spacial score (nSPS) is 11.9. The Morgan fingerprint density at radius 3 is 2.65 bits per heavy atom. The number of rotatable bonds is 3. The molecule has 3 rings (SSSR count). The predicted octanol–water partition coefficient (Wildman–Crippen LogP) is 4.95. The van der Waals surface area contributed by atoms with Crippen molar-refractivity contribution in [3.05, 3.63) is 41.4 Å². The highest BCUT2D eigenvalue weighted by atomic mass is 79.9. The van der Waals surface area contributed by atoms with E-state index in [0.29, 0.717) is 17.9 Å². The lowest BCUT2D eigenvalue weighted by Gasteiger charge is -2.24. The molecule has 0 radical (unpaired) electrons. The summed E-state index contributed by atoms with van der Waals surface area (Å²) in [7, 11) is 0. The van der Waals surface area contributed by atoms with Gasteiger partial charge in [-0.25, -0.2) is 4.98 Å². The van der Waals surface area contributed by atoms with Gasteiger partial charge in [0.05, 0.1) is 5.52 Å². The van der Waals surface area contributed by atoms with Gasteiger partial charge >= 0.3 is 0 Å². The second-order valence-corrected chi connectivity index (χ2v) is 8.21. The third kappa shape index (κ3) is 2.98. The van der Waals surface area contributed by atoms with Crippen LogP contribution in [0.15, 0.2) is 41.4 Å². The fraction of sp³-hybridized carbons (Fsp3) is 0.300. The van der Waals surface area contributed by atoms with E-state index in [1.807, 2.05) is 45.0 Å². The number of hydrogen-bond acceptors (Lipinski definition) is 3. The van der Waals surface area contributed by atoms with Crippen molar-refractivity contribution < 1.29 is 9.90 Å². The maximum atomic E-state index is 12.2. The Kier molecular flexibility index (Phi) is 4.56. The van der Waals surface area contributed by atoms with Crippen LogP contribution in [0.3, 0.4) is 0 Å². The molecule has 1 aromatic carbocycles. The van der Waals surface area contributed by atoms with Crippen molar-refractivity contribution in [3.8, 4) is 5.88 Å².